The Morgan fingerprint density at radius 3 is 1.96 bits per heavy atom. The van der Waals surface area contributed by atoms with Crippen molar-refractivity contribution in [3.8, 4) is 23.0 Å². The van der Waals surface area contributed by atoms with E-state index in [-0.39, 0.29) is 5.04 Å². The third-order valence-corrected chi connectivity index (χ3v) is 9.97. The molecule has 0 spiro atoms. The van der Waals surface area contributed by atoms with E-state index in [1.165, 1.54) is 0 Å². The highest BCUT2D eigenvalue weighted by atomic mass is 28.4. The highest BCUT2D eigenvalue weighted by Gasteiger charge is 2.43. The molecule has 0 bridgehead atoms. The molecular weight excluding hydrogens is 388 g/mol. The molecule has 0 fully saturated rings. The fourth-order valence-corrected chi connectivity index (χ4v) is 3.71. The van der Waals surface area contributed by atoms with Gasteiger partial charge in [-0.05, 0) is 42.4 Å². The predicted molar refractivity (Wildman–Crippen MR) is 118 cm³/mol. The molecule has 0 aliphatic heterocycles. The highest BCUT2D eigenvalue weighted by molar-refractivity contribution is 6.83. The van der Waals surface area contributed by atoms with Crippen molar-refractivity contribution in [2.75, 3.05) is 7.11 Å². The zero-order valence-corrected chi connectivity index (χ0v) is 20.5. The first kappa shape index (κ1) is 24.4. The Morgan fingerprint density at radius 2 is 1.54 bits per heavy atom. The SMILES string of the molecule is COc1ccc(OC(=O)[C@H](O[Si](C)(C)C(C)(C)C)[C@H](O)C#C[Si](C)(C)C)cc1. The first-order chi connectivity index (χ1) is 12.7. The van der Waals surface area contributed by atoms with Gasteiger partial charge in [-0.2, -0.15) is 0 Å². The molecule has 0 heterocycles. The Morgan fingerprint density at radius 1 is 1.04 bits per heavy atom. The highest BCUT2D eigenvalue weighted by Crippen LogP contribution is 2.37. The van der Waals surface area contributed by atoms with E-state index < -0.39 is 34.6 Å². The molecule has 0 unspecified atom stereocenters. The van der Waals surface area contributed by atoms with Crippen LogP contribution < -0.4 is 9.47 Å². The second-order valence-electron chi connectivity index (χ2n) is 9.36. The number of carbonyl (C=O) groups excluding carboxylic acids is 1. The van der Waals surface area contributed by atoms with Crippen LogP contribution in [0.4, 0.5) is 0 Å². The third kappa shape index (κ3) is 7.43. The third-order valence-electron chi connectivity index (χ3n) is 4.62. The second-order valence-corrected chi connectivity index (χ2v) is 18.9. The summed E-state index contributed by atoms with van der Waals surface area (Å²) in [6, 6.07) is 6.68. The van der Waals surface area contributed by atoms with Crippen LogP contribution in [0.3, 0.4) is 0 Å². The number of hydrogen-bond donors (Lipinski definition) is 1. The Bertz CT molecular complexity index is 718. The summed E-state index contributed by atoms with van der Waals surface area (Å²) < 4.78 is 16.8. The number of aliphatic hydroxyl groups is 1. The topological polar surface area (TPSA) is 65.0 Å². The van der Waals surface area contributed by atoms with E-state index in [4.69, 9.17) is 13.9 Å². The second kappa shape index (κ2) is 9.27. The Balaban J connectivity index is 3.12. The lowest BCUT2D eigenvalue weighted by Gasteiger charge is -2.39. The van der Waals surface area contributed by atoms with Gasteiger partial charge in [-0.15, -0.1) is 5.54 Å². The van der Waals surface area contributed by atoms with Crippen LogP contribution in [0.25, 0.3) is 0 Å². The lowest BCUT2D eigenvalue weighted by molar-refractivity contribution is -0.146. The van der Waals surface area contributed by atoms with Gasteiger partial charge in [-0.1, -0.05) is 46.3 Å². The number of ether oxygens (including phenoxy) is 2. The van der Waals surface area contributed by atoms with E-state index in [0.717, 1.165) is 0 Å². The van der Waals surface area contributed by atoms with E-state index in [2.05, 4.69) is 51.9 Å². The van der Waals surface area contributed by atoms with Gasteiger partial charge in [0.15, 0.2) is 14.4 Å². The number of aliphatic hydroxyl groups excluding tert-OH is 1. The van der Waals surface area contributed by atoms with Gasteiger partial charge >= 0.3 is 5.97 Å². The summed E-state index contributed by atoms with van der Waals surface area (Å²) in [7, 11) is -2.48. The van der Waals surface area contributed by atoms with Crippen molar-refractivity contribution >= 4 is 22.4 Å². The van der Waals surface area contributed by atoms with Crippen LogP contribution in [-0.2, 0) is 9.22 Å². The van der Waals surface area contributed by atoms with Crippen LogP contribution in [-0.4, -0.2) is 46.8 Å². The normalized spacial score (nSPS) is 14.5. The van der Waals surface area contributed by atoms with Crippen molar-refractivity contribution in [1.82, 2.24) is 0 Å². The molecule has 0 aromatic heterocycles. The monoisotopic (exact) mass is 422 g/mol. The van der Waals surface area contributed by atoms with Crippen LogP contribution in [0.2, 0.25) is 37.8 Å². The van der Waals surface area contributed by atoms with E-state index >= 15 is 0 Å². The molecule has 0 aliphatic carbocycles. The molecule has 0 amide bonds. The number of esters is 1. The molecule has 1 aromatic rings. The van der Waals surface area contributed by atoms with E-state index in [1.807, 2.05) is 13.1 Å². The van der Waals surface area contributed by atoms with Gasteiger partial charge in [0.2, 0.25) is 0 Å². The van der Waals surface area contributed by atoms with Gasteiger partial charge in [-0.3, -0.25) is 0 Å². The van der Waals surface area contributed by atoms with Gasteiger partial charge in [-0.25, -0.2) is 4.79 Å². The average molecular weight is 423 g/mol. The number of methoxy groups -OCH3 is 1. The zero-order valence-electron chi connectivity index (χ0n) is 18.5. The fourth-order valence-electron chi connectivity index (χ4n) is 1.92. The smallest absolute Gasteiger partial charge is 0.343 e. The molecule has 156 valence electrons. The van der Waals surface area contributed by atoms with Crippen molar-refractivity contribution in [2.45, 2.75) is 70.8 Å². The van der Waals surface area contributed by atoms with Gasteiger partial charge in [0.25, 0.3) is 0 Å². The zero-order chi connectivity index (χ0) is 21.8. The molecule has 0 aliphatic rings. The van der Waals surface area contributed by atoms with Gasteiger partial charge in [0.05, 0.1) is 7.11 Å². The van der Waals surface area contributed by atoms with Gasteiger partial charge in [0, 0.05) is 0 Å². The summed E-state index contributed by atoms with van der Waals surface area (Å²) in [6.07, 6.45) is -2.40. The molecule has 5 nitrogen and oxygen atoms in total. The van der Waals surface area contributed by atoms with E-state index in [0.29, 0.717) is 11.5 Å². The number of benzene rings is 1. The van der Waals surface area contributed by atoms with Gasteiger partial charge in [0.1, 0.15) is 25.7 Å². The lowest BCUT2D eigenvalue weighted by atomic mass is 10.2. The van der Waals surface area contributed by atoms with Crippen LogP contribution in [0, 0.1) is 11.5 Å². The molecule has 2 atom stereocenters. The van der Waals surface area contributed by atoms with E-state index in [9.17, 15) is 9.90 Å². The minimum absolute atomic E-state index is 0.127. The van der Waals surface area contributed by atoms with Crippen molar-refractivity contribution in [3.63, 3.8) is 0 Å². The maximum absolute atomic E-state index is 12.9. The minimum atomic E-state index is -2.34. The first-order valence-electron chi connectivity index (χ1n) is 9.40. The molecular formula is C21H34O5Si2. The summed E-state index contributed by atoms with van der Waals surface area (Å²) in [6.45, 7) is 16.5. The molecule has 0 saturated heterocycles. The Hall–Kier alpha value is -1.60. The van der Waals surface area contributed by atoms with E-state index in [1.54, 1.807) is 31.4 Å². The fraction of sp³-hybridized carbons (Fsp3) is 0.571. The Labute approximate surface area is 171 Å². The summed E-state index contributed by atoms with van der Waals surface area (Å²) in [5.74, 6) is 3.20. The predicted octanol–water partition coefficient (Wildman–Crippen LogP) is 4.23. The quantitative estimate of drug-likeness (QED) is 0.322. The van der Waals surface area contributed by atoms with Crippen molar-refractivity contribution < 1.29 is 23.8 Å². The summed E-state index contributed by atoms with van der Waals surface area (Å²) in [5.41, 5.74) is 3.11. The lowest BCUT2D eigenvalue weighted by Crippen LogP contribution is -2.50. The van der Waals surface area contributed by atoms with Crippen LogP contribution in [0.15, 0.2) is 24.3 Å². The van der Waals surface area contributed by atoms with Crippen LogP contribution >= 0.6 is 0 Å². The van der Waals surface area contributed by atoms with Crippen molar-refractivity contribution in [3.05, 3.63) is 24.3 Å². The largest absolute Gasteiger partial charge is 0.497 e. The minimum Gasteiger partial charge on any atom is -0.497 e. The summed E-state index contributed by atoms with van der Waals surface area (Å²) in [4.78, 5) is 12.9. The Kier molecular flexibility index (Phi) is 8.09. The maximum atomic E-state index is 12.9. The molecule has 1 N–H and O–H groups in total. The maximum Gasteiger partial charge on any atom is 0.343 e. The first-order valence-corrected chi connectivity index (χ1v) is 15.8. The number of rotatable bonds is 6. The summed E-state index contributed by atoms with van der Waals surface area (Å²) in [5, 5.41) is 10.5. The molecule has 28 heavy (non-hydrogen) atoms. The van der Waals surface area contributed by atoms with Crippen LogP contribution in [0.1, 0.15) is 20.8 Å². The van der Waals surface area contributed by atoms with Crippen molar-refractivity contribution in [2.24, 2.45) is 0 Å². The molecule has 0 radical (unpaired) electrons. The molecule has 1 aromatic carbocycles. The molecule has 1 rings (SSSR count). The average Bonchev–Trinajstić information content (AvgIpc) is 2.56. The number of carbonyl (C=O) groups is 1. The van der Waals surface area contributed by atoms with Crippen molar-refractivity contribution in [1.29, 1.82) is 0 Å². The molecule has 0 saturated carbocycles. The number of hydrogen-bond acceptors (Lipinski definition) is 5. The standard InChI is InChI=1S/C21H34O5Si2/c1-21(2,3)28(8,9)26-19(18(22)14-15-27(5,6)7)20(23)25-17-12-10-16(24-4)11-13-17/h10-13,18-19,22H,1-9H3/t18-,19-/m1/s1. The molecule has 7 heteroatoms. The van der Waals surface area contributed by atoms with Crippen LogP contribution in [0.5, 0.6) is 11.5 Å². The van der Waals surface area contributed by atoms with Gasteiger partial charge < -0.3 is 19.0 Å². The summed E-state index contributed by atoms with van der Waals surface area (Å²) >= 11 is 0.